The molecule has 1 aromatic heterocycles. The standard InChI is InChI=1S/C12H17N3O2S2/c1-2-11(16)15-8-19-6-10(15)12(17)13-4-3-9-5-18-7-14-9/h5,7,10H,2-4,6,8H2,1H3,(H,13,17)/t10-/m1/s1. The maximum Gasteiger partial charge on any atom is 0.243 e. The lowest BCUT2D eigenvalue weighted by molar-refractivity contribution is -0.137. The SMILES string of the molecule is CCC(=O)N1CSC[C@@H]1C(=O)NCCc1cscn1. The summed E-state index contributed by atoms with van der Waals surface area (Å²) in [4.78, 5) is 29.6. The molecule has 7 heteroatoms. The van der Waals surface area contributed by atoms with Crippen LogP contribution >= 0.6 is 23.1 Å². The molecule has 0 radical (unpaired) electrons. The Morgan fingerprint density at radius 1 is 1.58 bits per heavy atom. The van der Waals surface area contributed by atoms with Crippen LogP contribution in [0.2, 0.25) is 0 Å². The van der Waals surface area contributed by atoms with Gasteiger partial charge in [-0.3, -0.25) is 9.59 Å². The Morgan fingerprint density at radius 2 is 2.42 bits per heavy atom. The van der Waals surface area contributed by atoms with Crippen LogP contribution in [0.5, 0.6) is 0 Å². The highest BCUT2D eigenvalue weighted by molar-refractivity contribution is 7.99. The first kappa shape index (κ1) is 14.3. The van der Waals surface area contributed by atoms with Crippen molar-refractivity contribution in [2.24, 2.45) is 0 Å². The summed E-state index contributed by atoms with van der Waals surface area (Å²) in [6.45, 7) is 2.39. The highest BCUT2D eigenvalue weighted by Gasteiger charge is 2.33. The second-order valence-electron chi connectivity index (χ2n) is 4.25. The highest BCUT2D eigenvalue weighted by atomic mass is 32.2. The van der Waals surface area contributed by atoms with Gasteiger partial charge in [0.2, 0.25) is 11.8 Å². The van der Waals surface area contributed by atoms with E-state index in [2.05, 4.69) is 10.3 Å². The van der Waals surface area contributed by atoms with Gasteiger partial charge in [-0.25, -0.2) is 4.98 Å². The Labute approximate surface area is 120 Å². The minimum atomic E-state index is -0.312. The van der Waals surface area contributed by atoms with Gasteiger partial charge in [0.15, 0.2) is 0 Å². The van der Waals surface area contributed by atoms with E-state index in [0.717, 1.165) is 12.1 Å². The second kappa shape index (κ2) is 6.91. The molecule has 2 amide bonds. The molecule has 2 heterocycles. The normalized spacial score (nSPS) is 18.6. The van der Waals surface area contributed by atoms with Gasteiger partial charge in [0.05, 0.1) is 17.1 Å². The number of nitrogens with one attached hydrogen (secondary N) is 1. The van der Waals surface area contributed by atoms with Gasteiger partial charge in [-0.15, -0.1) is 23.1 Å². The number of amides is 2. The minimum Gasteiger partial charge on any atom is -0.354 e. The van der Waals surface area contributed by atoms with Gasteiger partial charge in [-0.05, 0) is 0 Å². The van der Waals surface area contributed by atoms with E-state index in [1.807, 2.05) is 12.3 Å². The Kier molecular flexibility index (Phi) is 5.21. The Hall–Kier alpha value is -1.08. The van der Waals surface area contributed by atoms with Crippen molar-refractivity contribution in [1.29, 1.82) is 0 Å². The zero-order valence-corrected chi connectivity index (χ0v) is 12.4. The van der Waals surface area contributed by atoms with E-state index in [1.54, 1.807) is 33.5 Å². The third-order valence-electron chi connectivity index (χ3n) is 2.97. The molecule has 1 saturated heterocycles. The average molecular weight is 299 g/mol. The van der Waals surface area contributed by atoms with Gasteiger partial charge in [0, 0.05) is 30.5 Å². The second-order valence-corrected chi connectivity index (χ2v) is 5.97. The van der Waals surface area contributed by atoms with E-state index in [-0.39, 0.29) is 17.9 Å². The molecule has 104 valence electrons. The first-order valence-electron chi connectivity index (χ1n) is 6.24. The fourth-order valence-corrected chi connectivity index (χ4v) is 3.67. The van der Waals surface area contributed by atoms with Gasteiger partial charge >= 0.3 is 0 Å². The third-order valence-corrected chi connectivity index (χ3v) is 4.62. The Balaban J connectivity index is 1.80. The number of carbonyl (C=O) groups excluding carboxylic acids is 2. The summed E-state index contributed by atoms with van der Waals surface area (Å²) < 4.78 is 0. The topological polar surface area (TPSA) is 62.3 Å². The first-order valence-corrected chi connectivity index (χ1v) is 8.34. The summed E-state index contributed by atoms with van der Waals surface area (Å²) in [5.41, 5.74) is 2.78. The maximum absolute atomic E-state index is 12.1. The largest absolute Gasteiger partial charge is 0.354 e. The summed E-state index contributed by atoms with van der Waals surface area (Å²) in [5, 5.41) is 4.87. The highest BCUT2D eigenvalue weighted by Crippen LogP contribution is 2.21. The smallest absolute Gasteiger partial charge is 0.243 e. The van der Waals surface area contributed by atoms with Crippen LogP contribution in [0, 0.1) is 0 Å². The molecule has 0 aromatic carbocycles. The van der Waals surface area contributed by atoms with Crippen LogP contribution in [-0.2, 0) is 16.0 Å². The number of nitrogens with zero attached hydrogens (tertiary/aromatic N) is 2. The molecule has 0 spiro atoms. The number of hydrogen-bond donors (Lipinski definition) is 1. The van der Waals surface area contributed by atoms with Gasteiger partial charge in [0.1, 0.15) is 6.04 Å². The van der Waals surface area contributed by atoms with Crippen LogP contribution in [0.1, 0.15) is 19.0 Å². The summed E-state index contributed by atoms with van der Waals surface area (Å²) >= 11 is 3.18. The first-order chi connectivity index (χ1) is 9.22. The van der Waals surface area contributed by atoms with Crippen LogP contribution in [0.25, 0.3) is 0 Å². The third kappa shape index (κ3) is 3.70. The zero-order chi connectivity index (χ0) is 13.7. The molecule has 1 fully saturated rings. The van der Waals surface area contributed by atoms with E-state index in [4.69, 9.17) is 0 Å². The average Bonchev–Trinajstić information content (AvgIpc) is 3.08. The Morgan fingerprint density at radius 3 is 3.11 bits per heavy atom. The number of rotatable bonds is 5. The van der Waals surface area contributed by atoms with Gasteiger partial charge in [-0.2, -0.15) is 0 Å². The number of thioether (sulfide) groups is 1. The maximum atomic E-state index is 12.1. The molecular formula is C12H17N3O2S2. The van der Waals surface area contributed by atoms with Gasteiger partial charge in [-0.1, -0.05) is 6.92 Å². The summed E-state index contributed by atoms with van der Waals surface area (Å²) in [6.07, 6.45) is 1.18. The predicted molar refractivity (Wildman–Crippen MR) is 77.1 cm³/mol. The van der Waals surface area contributed by atoms with Crippen LogP contribution in [0.4, 0.5) is 0 Å². The van der Waals surface area contributed by atoms with Crippen molar-refractivity contribution in [2.45, 2.75) is 25.8 Å². The van der Waals surface area contributed by atoms with Crippen molar-refractivity contribution in [3.63, 3.8) is 0 Å². The lowest BCUT2D eigenvalue weighted by Crippen LogP contribution is -2.47. The van der Waals surface area contributed by atoms with Crippen molar-refractivity contribution in [3.8, 4) is 0 Å². The predicted octanol–water partition coefficient (Wildman–Crippen LogP) is 1.11. The van der Waals surface area contributed by atoms with Gasteiger partial charge < -0.3 is 10.2 Å². The molecule has 0 saturated carbocycles. The molecule has 0 unspecified atom stereocenters. The van der Waals surface area contributed by atoms with Crippen LogP contribution < -0.4 is 5.32 Å². The molecule has 1 aromatic rings. The molecule has 1 aliphatic heterocycles. The molecule has 2 rings (SSSR count). The number of hydrogen-bond acceptors (Lipinski definition) is 5. The molecule has 0 aliphatic carbocycles. The molecule has 1 N–H and O–H groups in total. The fraction of sp³-hybridized carbons (Fsp3) is 0.583. The molecule has 1 atom stereocenters. The van der Waals surface area contributed by atoms with E-state index in [1.165, 1.54) is 0 Å². The summed E-state index contributed by atoms with van der Waals surface area (Å²) in [5.74, 6) is 1.30. The summed E-state index contributed by atoms with van der Waals surface area (Å²) in [7, 11) is 0. The van der Waals surface area contributed by atoms with Crippen LogP contribution in [-0.4, -0.2) is 45.9 Å². The molecular weight excluding hydrogens is 282 g/mol. The van der Waals surface area contributed by atoms with Crippen molar-refractivity contribution >= 4 is 34.9 Å². The van der Waals surface area contributed by atoms with Crippen molar-refractivity contribution in [2.75, 3.05) is 18.2 Å². The zero-order valence-electron chi connectivity index (χ0n) is 10.8. The number of thiazole rings is 1. The number of aromatic nitrogens is 1. The van der Waals surface area contributed by atoms with Crippen LogP contribution in [0.3, 0.4) is 0 Å². The fourth-order valence-electron chi connectivity index (χ4n) is 1.90. The summed E-state index contributed by atoms with van der Waals surface area (Å²) in [6, 6.07) is -0.312. The lowest BCUT2D eigenvalue weighted by Gasteiger charge is -2.22. The Bertz CT molecular complexity index is 436. The monoisotopic (exact) mass is 299 g/mol. The van der Waals surface area contributed by atoms with E-state index >= 15 is 0 Å². The molecule has 5 nitrogen and oxygen atoms in total. The van der Waals surface area contributed by atoms with Gasteiger partial charge in [0.25, 0.3) is 0 Å². The van der Waals surface area contributed by atoms with E-state index in [0.29, 0.717) is 24.6 Å². The van der Waals surface area contributed by atoms with Crippen molar-refractivity contribution < 1.29 is 9.59 Å². The molecule has 1 aliphatic rings. The minimum absolute atomic E-state index is 0.0460. The quantitative estimate of drug-likeness (QED) is 0.885. The van der Waals surface area contributed by atoms with Crippen molar-refractivity contribution in [1.82, 2.24) is 15.2 Å². The van der Waals surface area contributed by atoms with E-state index < -0.39 is 0 Å². The molecule has 0 bridgehead atoms. The molecule has 19 heavy (non-hydrogen) atoms. The van der Waals surface area contributed by atoms with Crippen LogP contribution in [0.15, 0.2) is 10.9 Å². The number of carbonyl (C=O) groups is 2. The van der Waals surface area contributed by atoms with Crippen molar-refractivity contribution in [3.05, 3.63) is 16.6 Å². The lowest BCUT2D eigenvalue weighted by atomic mass is 10.2. The van der Waals surface area contributed by atoms with E-state index in [9.17, 15) is 9.59 Å².